The molecule has 0 spiro atoms. The van der Waals surface area contributed by atoms with Crippen molar-refractivity contribution >= 4 is 5.91 Å². The summed E-state index contributed by atoms with van der Waals surface area (Å²) < 4.78 is 12.8. The van der Waals surface area contributed by atoms with Crippen LogP contribution in [0.3, 0.4) is 0 Å². The summed E-state index contributed by atoms with van der Waals surface area (Å²) in [7, 11) is 3.76. The lowest BCUT2D eigenvalue weighted by atomic mass is 10.0. The standard InChI is InChI=1S/C18H25N5O3/c1-12(2)23-10-20-21-16(23)7-8-19-18(24)17(22(3)4)13-5-6-14-15(9-13)26-11-25-14/h5-6,9-10,12,17H,7-8,11H2,1-4H3,(H,19,24)/t17-/m1/s1. The number of hydrogen-bond acceptors (Lipinski definition) is 6. The second-order valence-corrected chi connectivity index (χ2v) is 6.77. The molecule has 0 saturated carbocycles. The number of amides is 1. The number of ether oxygens (including phenoxy) is 2. The van der Waals surface area contributed by atoms with Gasteiger partial charge >= 0.3 is 0 Å². The van der Waals surface area contributed by atoms with E-state index in [0.29, 0.717) is 30.5 Å². The smallest absolute Gasteiger partial charge is 0.241 e. The molecule has 1 aliphatic rings. The van der Waals surface area contributed by atoms with Gasteiger partial charge < -0.3 is 19.4 Å². The van der Waals surface area contributed by atoms with Crippen molar-refractivity contribution < 1.29 is 14.3 Å². The molecule has 1 amide bonds. The van der Waals surface area contributed by atoms with Gasteiger partial charge in [0.15, 0.2) is 11.5 Å². The fraction of sp³-hybridized carbons (Fsp3) is 0.500. The van der Waals surface area contributed by atoms with Gasteiger partial charge in [0.25, 0.3) is 0 Å². The fourth-order valence-corrected chi connectivity index (χ4v) is 3.04. The molecule has 8 heteroatoms. The van der Waals surface area contributed by atoms with Crippen LogP contribution in [-0.4, -0.2) is 53.0 Å². The molecule has 1 aliphatic heterocycles. The summed E-state index contributed by atoms with van der Waals surface area (Å²) in [6.07, 6.45) is 2.35. The topological polar surface area (TPSA) is 81.5 Å². The molecule has 1 aromatic carbocycles. The van der Waals surface area contributed by atoms with Crippen molar-refractivity contribution in [3.8, 4) is 11.5 Å². The summed E-state index contributed by atoms with van der Waals surface area (Å²) in [5.41, 5.74) is 0.863. The Balaban J connectivity index is 1.65. The maximum atomic E-state index is 12.8. The number of aromatic nitrogens is 3. The fourth-order valence-electron chi connectivity index (χ4n) is 3.04. The van der Waals surface area contributed by atoms with Gasteiger partial charge in [0, 0.05) is 19.0 Å². The number of rotatable bonds is 7. The molecular formula is C18H25N5O3. The van der Waals surface area contributed by atoms with Gasteiger partial charge in [-0.25, -0.2) is 0 Å². The molecule has 0 fully saturated rings. The van der Waals surface area contributed by atoms with Crippen LogP contribution in [0.5, 0.6) is 11.5 Å². The van der Waals surface area contributed by atoms with Crippen LogP contribution < -0.4 is 14.8 Å². The first-order chi connectivity index (χ1) is 12.5. The van der Waals surface area contributed by atoms with E-state index in [1.54, 1.807) is 6.33 Å². The van der Waals surface area contributed by atoms with Gasteiger partial charge in [-0.3, -0.25) is 9.69 Å². The first kappa shape index (κ1) is 18.2. The molecule has 1 N–H and O–H groups in total. The molecule has 26 heavy (non-hydrogen) atoms. The molecule has 0 radical (unpaired) electrons. The van der Waals surface area contributed by atoms with Crippen molar-refractivity contribution in [3.63, 3.8) is 0 Å². The van der Waals surface area contributed by atoms with E-state index in [0.717, 1.165) is 11.4 Å². The van der Waals surface area contributed by atoms with Crippen molar-refractivity contribution in [1.82, 2.24) is 25.0 Å². The van der Waals surface area contributed by atoms with Crippen LogP contribution in [0.4, 0.5) is 0 Å². The van der Waals surface area contributed by atoms with Gasteiger partial charge in [-0.1, -0.05) is 6.07 Å². The number of fused-ring (bicyclic) bond motifs is 1. The lowest BCUT2D eigenvalue weighted by Crippen LogP contribution is -2.38. The van der Waals surface area contributed by atoms with E-state index in [1.165, 1.54) is 0 Å². The van der Waals surface area contributed by atoms with Crippen LogP contribution in [0, 0.1) is 0 Å². The molecule has 0 aliphatic carbocycles. The highest BCUT2D eigenvalue weighted by Gasteiger charge is 2.25. The Kier molecular flexibility index (Phi) is 5.41. The molecule has 1 aromatic heterocycles. The lowest BCUT2D eigenvalue weighted by Gasteiger charge is -2.24. The summed E-state index contributed by atoms with van der Waals surface area (Å²) in [6, 6.07) is 5.48. The number of benzene rings is 1. The van der Waals surface area contributed by atoms with Gasteiger partial charge in [-0.05, 0) is 45.6 Å². The minimum Gasteiger partial charge on any atom is -0.454 e. The quantitative estimate of drug-likeness (QED) is 0.808. The average molecular weight is 359 g/mol. The maximum absolute atomic E-state index is 12.8. The third-order valence-electron chi connectivity index (χ3n) is 4.33. The monoisotopic (exact) mass is 359 g/mol. The minimum atomic E-state index is -0.410. The molecule has 8 nitrogen and oxygen atoms in total. The molecule has 1 atom stereocenters. The third kappa shape index (κ3) is 3.80. The minimum absolute atomic E-state index is 0.0653. The normalized spacial score (nSPS) is 14.1. The molecule has 2 aromatic rings. The van der Waals surface area contributed by atoms with Crippen molar-refractivity contribution in [3.05, 3.63) is 35.9 Å². The molecule has 0 unspecified atom stereocenters. The molecule has 0 bridgehead atoms. The summed E-state index contributed by atoms with van der Waals surface area (Å²) >= 11 is 0. The lowest BCUT2D eigenvalue weighted by molar-refractivity contribution is -0.125. The summed E-state index contributed by atoms with van der Waals surface area (Å²) in [5.74, 6) is 2.18. The predicted octanol–water partition coefficient (Wildman–Crippen LogP) is 1.55. The number of nitrogens with zero attached hydrogens (tertiary/aromatic N) is 4. The average Bonchev–Trinajstić information content (AvgIpc) is 3.23. The number of carbonyl (C=O) groups excluding carboxylic acids is 1. The van der Waals surface area contributed by atoms with Gasteiger partial charge in [0.05, 0.1) is 0 Å². The zero-order valence-corrected chi connectivity index (χ0v) is 15.6. The molecule has 3 rings (SSSR count). The molecule has 140 valence electrons. The van der Waals surface area contributed by atoms with Crippen LogP contribution >= 0.6 is 0 Å². The predicted molar refractivity (Wildman–Crippen MR) is 96.1 cm³/mol. The second-order valence-electron chi connectivity index (χ2n) is 6.77. The Morgan fingerprint density at radius 1 is 1.31 bits per heavy atom. The van der Waals surface area contributed by atoms with E-state index in [9.17, 15) is 4.79 Å². The van der Waals surface area contributed by atoms with E-state index in [-0.39, 0.29) is 12.7 Å². The van der Waals surface area contributed by atoms with E-state index in [4.69, 9.17) is 9.47 Å². The highest BCUT2D eigenvalue weighted by atomic mass is 16.7. The molecule has 2 heterocycles. The van der Waals surface area contributed by atoms with Crippen LogP contribution in [0.25, 0.3) is 0 Å². The zero-order chi connectivity index (χ0) is 18.7. The summed E-state index contributed by atoms with van der Waals surface area (Å²) in [6.45, 7) is 4.87. The van der Waals surface area contributed by atoms with Gasteiger partial charge in [0.2, 0.25) is 12.7 Å². The van der Waals surface area contributed by atoms with Gasteiger partial charge in [0.1, 0.15) is 18.2 Å². The largest absolute Gasteiger partial charge is 0.454 e. The van der Waals surface area contributed by atoms with Crippen molar-refractivity contribution in [1.29, 1.82) is 0 Å². The van der Waals surface area contributed by atoms with Crippen molar-refractivity contribution in [2.45, 2.75) is 32.4 Å². The summed E-state index contributed by atoms with van der Waals surface area (Å²) in [5, 5.41) is 11.1. The maximum Gasteiger partial charge on any atom is 0.241 e. The van der Waals surface area contributed by atoms with Crippen molar-refractivity contribution in [2.24, 2.45) is 0 Å². The summed E-state index contributed by atoms with van der Waals surface area (Å²) in [4.78, 5) is 14.6. The Morgan fingerprint density at radius 3 is 2.81 bits per heavy atom. The second kappa shape index (κ2) is 7.74. The Morgan fingerprint density at radius 2 is 2.08 bits per heavy atom. The van der Waals surface area contributed by atoms with Crippen LogP contribution in [0.15, 0.2) is 24.5 Å². The Bertz CT molecular complexity index is 772. The first-order valence-electron chi connectivity index (χ1n) is 8.69. The number of hydrogen-bond donors (Lipinski definition) is 1. The van der Waals surface area contributed by atoms with Gasteiger partial charge in [-0.2, -0.15) is 0 Å². The molecular weight excluding hydrogens is 334 g/mol. The first-order valence-corrected chi connectivity index (χ1v) is 8.69. The Hall–Kier alpha value is -2.61. The van der Waals surface area contributed by atoms with Crippen LogP contribution in [-0.2, 0) is 11.2 Å². The highest BCUT2D eigenvalue weighted by molar-refractivity contribution is 5.83. The van der Waals surface area contributed by atoms with E-state index in [1.807, 2.05) is 41.8 Å². The Labute approximate surface area is 153 Å². The number of carbonyl (C=O) groups is 1. The van der Waals surface area contributed by atoms with Crippen LogP contribution in [0.2, 0.25) is 0 Å². The highest BCUT2D eigenvalue weighted by Crippen LogP contribution is 2.35. The molecule has 0 saturated heterocycles. The third-order valence-corrected chi connectivity index (χ3v) is 4.33. The van der Waals surface area contributed by atoms with Gasteiger partial charge in [-0.15, -0.1) is 10.2 Å². The van der Waals surface area contributed by atoms with Crippen LogP contribution in [0.1, 0.15) is 37.3 Å². The SMILES string of the molecule is CC(C)n1cnnc1CCNC(=O)[C@@H](c1ccc2c(c1)OCO2)N(C)C. The van der Waals surface area contributed by atoms with E-state index >= 15 is 0 Å². The van der Waals surface area contributed by atoms with E-state index < -0.39 is 6.04 Å². The van der Waals surface area contributed by atoms with Crippen molar-refractivity contribution in [2.75, 3.05) is 27.4 Å². The number of nitrogens with one attached hydrogen (secondary N) is 1. The van der Waals surface area contributed by atoms with E-state index in [2.05, 4.69) is 29.4 Å². The number of likely N-dealkylation sites (N-methyl/N-ethyl adjacent to an activating group) is 1. The zero-order valence-electron chi connectivity index (χ0n) is 15.6.